The van der Waals surface area contributed by atoms with Crippen LogP contribution in [0, 0.1) is 5.92 Å². The number of carboxylic acid groups (broad SMARTS) is 1. The third-order valence-electron chi connectivity index (χ3n) is 3.02. The first-order valence-corrected chi connectivity index (χ1v) is 5.77. The summed E-state index contributed by atoms with van der Waals surface area (Å²) in [6.07, 6.45) is 2.92. The average molecular weight is 229 g/mol. The van der Waals surface area contributed by atoms with Crippen molar-refractivity contribution in [3.63, 3.8) is 0 Å². The number of aromatic nitrogens is 1. The van der Waals surface area contributed by atoms with Gasteiger partial charge in [-0.2, -0.15) is 0 Å². The highest BCUT2D eigenvalue weighted by molar-refractivity contribution is 5.82. The molecular formula is C14H15NO2. The molecule has 1 atom stereocenters. The lowest BCUT2D eigenvalue weighted by atomic mass is 9.95. The Bertz CT molecular complexity index is 531. The summed E-state index contributed by atoms with van der Waals surface area (Å²) < 4.78 is 0. The van der Waals surface area contributed by atoms with Gasteiger partial charge in [-0.1, -0.05) is 31.2 Å². The number of fused-ring (bicyclic) bond motifs is 1. The minimum Gasteiger partial charge on any atom is -0.481 e. The van der Waals surface area contributed by atoms with Gasteiger partial charge in [0.15, 0.2) is 0 Å². The molecule has 0 spiro atoms. The van der Waals surface area contributed by atoms with Gasteiger partial charge < -0.3 is 5.11 Å². The molecule has 0 saturated heterocycles. The Hall–Kier alpha value is -1.90. The minimum atomic E-state index is -0.736. The quantitative estimate of drug-likeness (QED) is 0.877. The number of nitrogens with zero attached hydrogens (tertiary/aromatic N) is 1. The zero-order valence-electron chi connectivity index (χ0n) is 9.76. The van der Waals surface area contributed by atoms with E-state index in [1.165, 1.54) is 0 Å². The number of rotatable bonds is 4. The van der Waals surface area contributed by atoms with Gasteiger partial charge in [0.05, 0.1) is 11.4 Å². The Morgan fingerprint density at radius 3 is 2.82 bits per heavy atom. The molecule has 0 amide bonds. The fraction of sp³-hybridized carbons (Fsp3) is 0.286. The van der Waals surface area contributed by atoms with Crippen LogP contribution < -0.4 is 0 Å². The van der Waals surface area contributed by atoms with Gasteiger partial charge in [-0.3, -0.25) is 9.78 Å². The molecule has 1 heterocycles. The van der Waals surface area contributed by atoms with Crippen LogP contribution in [-0.2, 0) is 11.2 Å². The maximum absolute atomic E-state index is 11.1. The molecule has 0 fully saturated rings. The van der Waals surface area contributed by atoms with E-state index in [0.717, 1.165) is 16.5 Å². The van der Waals surface area contributed by atoms with Crippen LogP contribution >= 0.6 is 0 Å². The normalized spacial score (nSPS) is 12.5. The molecular weight excluding hydrogens is 214 g/mol. The van der Waals surface area contributed by atoms with E-state index in [4.69, 9.17) is 5.11 Å². The predicted molar refractivity (Wildman–Crippen MR) is 66.9 cm³/mol. The van der Waals surface area contributed by atoms with Crippen molar-refractivity contribution in [1.82, 2.24) is 4.98 Å². The summed E-state index contributed by atoms with van der Waals surface area (Å²) in [5.74, 6) is -1.07. The molecule has 88 valence electrons. The summed E-state index contributed by atoms with van der Waals surface area (Å²) in [7, 11) is 0. The molecule has 17 heavy (non-hydrogen) atoms. The van der Waals surface area contributed by atoms with E-state index < -0.39 is 5.97 Å². The van der Waals surface area contributed by atoms with E-state index in [0.29, 0.717) is 12.8 Å². The van der Waals surface area contributed by atoms with Crippen molar-refractivity contribution in [2.75, 3.05) is 0 Å². The van der Waals surface area contributed by atoms with Crippen molar-refractivity contribution < 1.29 is 9.90 Å². The van der Waals surface area contributed by atoms with Crippen LogP contribution in [0.4, 0.5) is 0 Å². The summed E-state index contributed by atoms with van der Waals surface area (Å²) >= 11 is 0. The first kappa shape index (κ1) is 11.6. The first-order chi connectivity index (χ1) is 8.22. The Morgan fingerprint density at radius 1 is 1.35 bits per heavy atom. The second kappa shape index (κ2) is 4.95. The highest BCUT2D eigenvalue weighted by Crippen LogP contribution is 2.20. The van der Waals surface area contributed by atoms with Crippen LogP contribution in [0.5, 0.6) is 0 Å². The molecule has 0 aliphatic rings. The number of benzene rings is 1. The van der Waals surface area contributed by atoms with E-state index in [-0.39, 0.29) is 5.92 Å². The van der Waals surface area contributed by atoms with Gasteiger partial charge in [-0.25, -0.2) is 0 Å². The summed E-state index contributed by atoms with van der Waals surface area (Å²) in [6, 6.07) is 9.79. The molecule has 2 aromatic rings. The Kier molecular flexibility index (Phi) is 3.38. The van der Waals surface area contributed by atoms with Crippen molar-refractivity contribution in [1.29, 1.82) is 0 Å². The lowest BCUT2D eigenvalue weighted by Crippen LogP contribution is -2.15. The third-order valence-corrected chi connectivity index (χ3v) is 3.02. The van der Waals surface area contributed by atoms with Crippen LogP contribution in [0.15, 0.2) is 36.5 Å². The molecule has 0 aliphatic carbocycles. The van der Waals surface area contributed by atoms with Gasteiger partial charge in [0.1, 0.15) is 0 Å². The largest absolute Gasteiger partial charge is 0.481 e. The molecule has 1 aromatic heterocycles. The van der Waals surface area contributed by atoms with Crippen LogP contribution in [-0.4, -0.2) is 16.1 Å². The summed E-state index contributed by atoms with van der Waals surface area (Å²) in [5.41, 5.74) is 1.92. The number of hydrogen-bond donors (Lipinski definition) is 1. The van der Waals surface area contributed by atoms with Crippen molar-refractivity contribution >= 4 is 16.9 Å². The van der Waals surface area contributed by atoms with Crippen molar-refractivity contribution in [3.8, 4) is 0 Å². The Balaban J connectivity index is 2.38. The second-order valence-corrected chi connectivity index (χ2v) is 4.14. The Morgan fingerprint density at radius 2 is 2.12 bits per heavy atom. The van der Waals surface area contributed by atoms with Crippen LogP contribution in [0.2, 0.25) is 0 Å². The third kappa shape index (κ3) is 2.44. The summed E-state index contributed by atoms with van der Waals surface area (Å²) in [4.78, 5) is 15.4. The van der Waals surface area contributed by atoms with Gasteiger partial charge in [-0.05, 0) is 24.5 Å². The molecule has 2 rings (SSSR count). The molecule has 0 radical (unpaired) electrons. The van der Waals surface area contributed by atoms with E-state index >= 15 is 0 Å². The van der Waals surface area contributed by atoms with Gasteiger partial charge >= 0.3 is 5.97 Å². The minimum absolute atomic E-state index is 0.331. The molecule has 1 N–H and O–H groups in total. The van der Waals surface area contributed by atoms with Gasteiger partial charge in [0.2, 0.25) is 0 Å². The first-order valence-electron chi connectivity index (χ1n) is 5.77. The number of pyridine rings is 1. The fourth-order valence-electron chi connectivity index (χ4n) is 2.00. The van der Waals surface area contributed by atoms with Gasteiger partial charge in [-0.15, -0.1) is 0 Å². The molecule has 1 aromatic carbocycles. The maximum atomic E-state index is 11.1. The topological polar surface area (TPSA) is 50.2 Å². The number of para-hydroxylation sites is 1. The van der Waals surface area contributed by atoms with Crippen LogP contribution in [0.25, 0.3) is 10.9 Å². The Labute approximate surface area is 100 Å². The van der Waals surface area contributed by atoms with Crippen molar-refractivity contribution in [2.24, 2.45) is 5.92 Å². The fourth-order valence-corrected chi connectivity index (χ4v) is 2.00. The SMILES string of the molecule is CCC(Cc1cccc2cccnc12)C(=O)O. The molecule has 3 heteroatoms. The number of aliphatic carboxylic acids is 1. The molecule has 1 unspecified atom stereocenters. The van der Waals surface area contributed by atoms with Crippen molar-refractivity contribution in [2.45, 2.75) is 19.8 Å². The van der Waals surface area contributed by atoms with Crippen LogP contribution in [0.3, 0.4) is 0 Å². The number of carboxylic acids is 1. The van der Waals surface area contributed by atoms with E-state index in [1.807, 2.05) is 37.3 Å². The molecule has 0 saturated carbocycles. The number of carbonyl (C=O) groups is 1. The van der Waals surface area contributed by atoms with E-state index in [9.17, 15) is 4.79 Å². The highest BCUT2D eigenvalue weighted by Gasteiger charge is 2.16. The molecule has 3 nitrogen and oxygen atoms in total. The lowest BCUT2D eigenvalue weighted by Gasteiger charge is -2.11. The monoisotopic (exact) mass is 229 g/mol. The molecule has 0 bridgehead atoms. The average Bonchev–Trinajstić information content (AvgIpc) is 2.35. The number of hydrogen-bond acceptors (Lipinski definition) is 2. The maximum Gasteiger partial charge on any atom is 0.306 e. The lowest BCUT2D eigenvalue weighted by molar-refractivity contribution is -0.141. The predicted octanol–water partition coefficient (Wildman–Crippen LogP) is 2.89. The second-order valence-electron chi connectivity index (χ2n) is 4.14. The van der Waals surface area contributed by atoms with E-state index in [2.05, 4.69) is 4.98 Å². The van der Waals surface area contributed by atoms with Gasteiger partial charge in [0, 0.05) is 11.6 Å². The highest BCUT2D eigenvalue weighted by atomic mass is 16.4. The van der Waals surface area contributed by atoms with E-state index in [1.54, 1.807) is 6.20 Å². The molecule has 0 aliphatic heterocycles. The van der Waals surface area contributed by atoms with Crippen molar-refractivity contribution in [3.05, 3.63) is 42.1 Å². The van der Waals surface area contributed by atoms with Crippen LogP contribution in [0.1, 0.15) is 18.9 Å². The summed E-state index contributed by atoms with van der Waals surface area (Å²) in [6.45, 7) is 1.90. The van der Waals surface area contributed by atoms with Gasteiger partial charge in [0.25, 0.3) is 0 Å². The smallest absolute Gasteiger partial charge is 0.306 e. The zero-order valence-corrected chi connectivity index (χ0v) is 9.76. The zero-order chi connectivity index (χ0) is 12.3. The standard InChI is InChI=1S/C14H15NO2/c1-2-10(14(16)17)9-12-6-3-5-11-7-4-8-15-13(11)12/h3-8,10H,2,9H2,1H3,(H,16,17). The summed E-state index contributed by atoms with van der Waals surface area (Å²) in [5, 5.41) is 10.1.